The Hall–Kier alpha value is -2.64. The van der Waals surface area contributed by atoms with Crippen molar-refractivity contribution in [3.63, 3.8) is 0 Å². The summed E-state index contributed by atoms with van der Waals surface area (Å²) in [6, 6.07) is 20.1. The fraction of sp³-hybridized carbons (Fsp3) is 0.348. The Morgan fingerprint density at radius 2 is 1.60 bits per heavy atom. The van der Waals surface area contributed by atoms with Crippen molar-refractivity contribution in [2.75, 3.05) is 32.7 Å². The lowest BCUT2D eigenvalue weighted by Crippen LogP contribution is -2.50. The molecule has 1 amide bonds. The van der Waals surface area contributed by atoms with E-state index in [0.717, 1.165) is 55.0 Å². The molecule has 1 unspecified atom stereocenters. The highest BCUT2D eigenvalue weighted by molar-refractivity contribution is 8.00. The van der Waals surface area contributed by atoms with Gasteiger partial charge in [0.1, 0.15) is 0 Å². The molecule has 1 aromatic heterocycles. The molecule has 0 spiro atoms. The molecule has 30 heavy (non-hydrogen) atoms. The highest BCUT2D eigenvalue weighted by Crippen LogP contribution is 2.30. The van der Waals surface area contributed by atoms with E-state index in [0.29, 0.717) is 0 Å². The predicted molar refractivity (Wildman–Crippen MR) is 121 cm³/mol. The van der Waals surface area contributed by atoms with E-state index in [1.807, 2.05) is 77.1 Å². The van der Waals surface area contributed by atoms with Crippen LogP contribution in [0.25, 0.3) is 17.1 Å². The third-order valence-electron chi connectivity index (χ3n) is 5.44. The number of rotatable bonds is 6. The number of likely N-dealkylation sites (N-methyl/N-ethyl adjacent to an activating group) is 1. The van der Waals surface area contributed by atoms with Gasteiger partial charge in [-0.2, -0.15) is 0 Å². The van der Waals surface area contributed by atoms with Gasteiger partial charge in [-0.25, -0.2) is 0 Å². The Labute approximate surface area is 181 Å². The molecule has 1 fully saturated rings. The summed E-state index contributed by atoms with van der Waals surface area (Å²) >= 11 is 1.47. The van der Waals surface area contributed by atoms with E-state index in [1.165, 1.54) is 11.8 Å². The maximum Gasteiger partial charge on any atom is 0.235 e. The Morgan fingerprint density at radius 3 is 2.23 bits per heavy atom. The van der Waals surface area contributed by atoms with Crippen LogP contribution in [0.15, 0.2) is 65.8 Å². The number of nitrogens with zero attached hydrogens (tertiary/aromatic N) is 5. The van der Waals surface area contributed by atoms with Gasteiger partial charge >= 0.3 is 0 Å². The number of hydrogen-bond acceptors (Lipinski definition) is 5. The number of thioether (sulfide) groups is 1. The van der Waals surface area contributed by atoms with Gasteiger partial charge in [-0.15, -0.1) is 10.2 Å². The first-order valence-corrected chi connectivity index (χ1v) is 11.3. The van der Waals surface area contributed by atoms with Crippen LogP contribution in [0.3, 0.4) is 0 Å². The molecule has 6 nitrogen and oxygen atoms in total. The SMILES string of the molecule is CCN1CCN(C(=O)C(C)Sc2nnc(-c3ccccc3)n2-c2ccccc2)CC1. The molecule has 7 heteroatoms. The van der Waals surface area contributed by atoms with Crippen molar-refractivity contribution in [1.82, 2.24) is 24.6 Å². The zero-order valence-electron chi connectivity index (χ0n) is 17.4. The third kappa shape index (κ3) is 4.42. The summed E-state index contributed by atoms with van der Waals surface area (Å²) in [5.41, 5.74) is 1.98. The molecule has 0 aliphatic carbocycles. The summed E-state index contributed by atoms with van der Waals surface area (Å²) < 4.78 is 2.04. The van der Waals surface area contributed by atoms with Crippen LogP contribution in [0.2, 0.25) is 0 Å². The van der Waals surface area contributed by atoms with Crippen LogP contribution in [0.4, 0.5) is 0 Å². The fourth-order valence-corrected chi connectivity index (χ4v) is 4.63. The molecular weight excluding hydrogens is 394 g/mol. The second-order valence-corrected chi connectivity index (χ2v) is 8.67. The van der Waals surface area contributed by atoms with Crippen molar-refractivity contribution in [3.8, 4) is 17.1 Å². The maximum atomic E-state index is 13.1. The lowest BCUT2D eigenvalue weighted by molar-refractivity contribution is -0.132. The van der Waals surface area contributed by atoms with Gasteiger partial charge < -0.3 is 9.80 Å². The van der Waals surface area contributed by atoms with Crippen LogP contribution in [-0.4, -0.2) is 68.4 Å². The number of para-hydroxylation sites is 1. The second-order valence-electron chi connectivity index (χ2n) is 7.36. The zero-order valence-corrected chi connectivity index (χ0v) is 18.3. The lowest BCUT2D eigenvalue weighted by atomic mass is 10.2. The van der Waals surface area contributed by atoms with Crippen LogP contribution in [0.5, 0.6) is 0 Å². The molecule has 1 aliphatic rings. The van der Waals surface area contributed by atoms with E-state index < -0.39 is 0 Å². The molecule has 0 saturated carbocycles. The maximum absolute atomic E-state index is 13.1. The van der Waals surface area contributed by atoms with E-state index in [4.69, 9.17) is 0 Å². The smallest absolute Gasteiger partial charge is 0.235 e. The van der Waals surface area contributed by atoms with Gasteiger partial charge in [0.25, 0.3) is 0 Å². The van der Waals surface area contributed by atoms with Crippen molar-refractivity contribution < 1.29 is 4.79 Å². The number of piperazine rings is 1. The minimum atomic E-state index is -0.228. The van der Waals surface area contributed by atoms with E-state index in [1.54, 1.807) is 0 Å². The molecule has 0 N–H and O–H groups in total. The Balaban J connectivity index is 1.58. The molecule has 0 bridgehead atoms. The van der Waals surface area contributed by atoms with Crippen molar-refractivity contribution in [2.45, 2.75) is 24.3 Å². The van der Waals surface area contributed by atoms with Gasteiger partial charge in [0.15, 0.2) is 11.0 Å². The second kappa shape index (κ2) is 9.45. The molecule has 2 aromatic carbocycles. The standard InChI is InChI=1S/C23H27N5OS/c1-3-26-14-16-27(17-15-26)22(29)18(2)30-23-25-24-21(19-10-6-4-7-11-19)28(23)20-12-8-5-9-13-20/h4-13,18H,3,14-17H2,1-2H3. The molecule has 4 rings (SSSR count). The first kappa shape index (κ1) is 20.6. The van der Waals surface area contributed by atoms with Crippen LogP contribution in [0.1, 0.15) is 13.8 Å². The molecule has 1 atom stereocenters. The van der Waals surface area contributed by atoms with E-state index in [2.05, 4.69) is 22.0 Å². The zero-order chi connectivity index (χ0) is 20.9. The minimum absolute atomic E-state index is 0.166. The molecule has 1 saturated heterocycles. The van der Waals surface area contributed by atoms with Gasteiger partial charge in [-0.05, 0) is 25.6 Å². The topological polar surface area (TPSA) is 54.3 Å². The number of carbonyl (C=O) groups is 1. The van der Waals surface area contributed by atoms with Gasteiger partial charge in [0, 0.05) is 37.4 Å². The monoisotopic (exact) mass is 421 g/mol. The van der Waals surface area contributed by atoms with Crippen molar-refractivity contribution in [3.05, 3.63) is 60.7 Å². The third-order valence-corrected chi connectivity index (χ3v) is 6.47. The summed E-state index contributed by atoms with van der Waals surface area (Å²) in [4.78, 5) is 17.4. The minimum Gasteiger partial charge on any atom is -0.339 e. The van der Waals surface area contributed by atoms with E-state index in [-0.39, 0.29) is 11.2 Å². The average Bonchev–Trinajstić information content (AvgIpc) is 3.23. The van der Waals surface area contributed by atoms with E-state index in [9.17, 15) is 4.79 Å². The number of aromatic nitrogens is 3. The fourth-order valence-electron chi connectivity index (χ4n) is 3.68. The first-order chi connectivity index (χ1) is 14.7. The molecule has 1 aliphatic heterocycles. The summed E-state index contributed by atoms with van der Waals surface area (Å²) in [7, 11) is 0. The summed E-state index contributed by atoms with van der Waals surface area (Å²) in [6.07, 6.45) is 0. The van der Waals surface area contributed by atoms with Crippen molar-refractivity contribution in [2.24, 2.45) is 0 Å². The number of benzene rings is 2. The summed E-state index contributed by atoms with van der Waals surface area (Å²) in [5.74, 6) is 0.945. The first-order valence-electron chi connectivity index (χ1n) is 10.4. The predicted octanol–water partition coefficient (Wildman–Crippen LogP) is 3.58. The Kier molecular flexibility index (Phi) is 6.50. The Morgan fingerprint density at radius 1 is 0.967 bits per heavy atom. The van der Waals surface area contributed by atoms with Crippen LogP contribution < -0.4 is 0 Å². The highest BCUT2D eigenvalue weighted by Gasteiger charge is 2.27. The molecular formula is C23H27N5OS. The van der Waals surface area contributed by atoms with Crippen LogP contribution in [0, 0.1) is 0 Å². The molecule has 156 valence electrons. The van der Waals surface area contributed by atoms with Crippen molar-refractivity contribution >= 4 is 17.7 Å². The largest absolute Gasteiger partial charge is 0.339 e. The molecule has 3 aromatic rings. The van der Waals surface area contributed by atoms with Gasteiger partial charge in [-0.3, -0.25) is 9.36 Å². The van der Waals surface area contributed by atoms with Gasteiger partial charge in [0.2, 0.25) is 5.91 Å². The van der Waals surface area contributed by atoms with Gasteiger partial charge in [-0.1, -0.05) is 67.2 Å². The summed E-state index contributed by atoms with van der Waals surface area (Å²) in [5, 5.41) is 9.43. The van der Waals surface area contributed by atoms with Gasteiger partial charge in [0.05, 0.1) is 5.25 Å². The average molecular weight is 422 g/mol. The molecule has 0 radical (unpaired) electrons. The number of amides is 1. The summed E-state index contributed by atoms with van der Waals surface area (Å²) in [6.45, 7) is 8.63. The van der Waals surface area contributed by atoms with Crippen molar-refractivity contribution in [1.29, 1.82) is 0 Å². The normalized spacial score (nSPS) is 15.9. The van der Waals surface area contributed by atoms with E-state index >= 15 is 0 Å². The Bertz CT molecular complexity index is 968. The molecule has 2 heterocycles. The quantitative estimate of drug-likeness (QED) is 0.570. The number of carbonyl (C=O) groups excluding carboxylic acids is 1. The number of hydrogen-bond donors (Lipinski definition) is 0. The van der Waals surface area contributed by atoms with Crippen LogP contribution in [-0.2, 0) is 4.79 Å². The lowest BCUT2D eigenvalue weighted by Gasteiger charge is -2.35. The van der Waals surface area contributed by atoms with Crippen LogP contribution >= 0.6 is 11.8 Å². The highest BCUT2D eigenvalue weighted by atomic mass is 32.2.